The van der Waals surface area contributed by atoms with Crippen LogP contribution in [0.3, 0.4) is 0 Å². The van der Waals surface area contributed by atoms with E-state index >= 15 is 0 Å². The van der Waals surface area contributed by atoms with Gasteiger partial charge in [0.15, 0.2) is 15.0 Å². The molecule has 0 fully saturated rings. The van der Waals surface area contributed by atoms with Crippen LogP contribution in [0.5, 0.6) is 0 Å². The van der Waals surface area contributed by atoms with Gasteiger partial charge < -0.3 is 0 Å². The first kappa shape index (κ1) is 18.2. The lowest BCUT2D eigenvalue weighted by Gasteiger charge is -2.45. The van der Waals surface area contributed by atoms with E-state index in [4.69, 9.17) is 22.5 Å². The SMILES string of the molecule is C[Si]1(C)c2ccccc2C(c2ccccc2)(c2ccccc2)N1P(Cl)Cl. The summed E-state index contributed by atoms with van der Waals surface area (Å²) in [5.41, 5.74) is 3.28. The summed E-state index contributed by atoms with van der Waals surface area (Å²) in [6.07, 6.45) is 0. The van der Waals surface area contributed by atoms with E-state index in [9.17, 15) is 0 Å². The van der Waals surface area contributed by atoms with Gasteiger partial charge in [-0.25, -0.2) is 0 Å². The Hall–Kier alpha value is -1.15. The first-order valence-electron chi connectivity index (χ1n) is 8.63. The summed E-state index contributed by atoms with van der Waals surface area (Å²) in [5, 5.41) is 1.40. The second-order valence-electron chi connectivity index (χ2n) is 7.07. The van der Waals surface area contributed by atoms with Crippen LogP contribution in [-0.4, -0.2) is 12.6 Å². The van der Waals surface area contributed by atoms with Crippen molar-refractivity contribution in [3.63, 3.8) is 0 Å². The van der Waals surface area contributed by atoms with Crippen LogP contribution in [0.1, 0.15) is 16.7 Å². The molecular formula is C21H20Cl2NPSi. The van der Waals surface area contributed by atoms with E-state index in [-0.39, 0.29) is 0 Å². The van der Waals surface area contributed by atoms with Gasteiger partial charge in [-0.1, -0.05) is 121 Å². The van der Waals surface area contributed by atoms with Gasteiger partial charge in [0.05, 0.1) is 5.54 Å². The van der Waals surface area contributed by atoms with Crippen LogP contribution >= 0.6 is 29.3 Å². The van der Waals surface area contributed by atoms with E-state index in [1.54, 1.807) is 0 Å². The Morgan fingerprint density at radius 2 is 1.19 bits per heavy atom. The zero-order chi connectivity index (χ0) is 18.4. The normalized spacial score (nSPS) is 18.0. The first-order valence-corrected chi connectivity index (χ1v) is 14.7. The number of nitrogens with zero attached hydrogens (tertiary/aromatic N) is 1. The van der Waals surface area contributed by atoms with Crippen molar-refractivity contribution in [1.82, 2.24) is 4.34 Å². The summed E-state index contributed by atoms with van der Waals surface area (Å²) in [6.45, 7) is 3.36. The highest BCUT2D eigenvalue weighted by Gasteiger charge is 2.59. The van der Waals surface area contributed by atoms with Crippen molar-refractivity contribution in [3.8, 4) is 0 Å². The lowest BCUT2D eigenvalue weighted by Crippen LogP contribution is -2.54. The summed E-state index contributed by atoms with van der Waals surface area (Å²) < 4.78 is 2.42. The minimum absolute atomic E-state index is 0.454. The molecule has 0 amide bonds. The van der Waals surface area contributed by atoms with Gasteiger partial charge in [0.1, 0.15) is 0 Å². The van der Waals surface area contributed by atoms with Crippen molar-refractivity contribution in [2.75, 3.05) is 0 Å². The molecule has 26 heavy (non-hydrogen) atoms. The lowest BCUT2D eigenvalue weighted by molar-refractivity contribution is 0.445. The molecule has 0 saturated heterocycles. The van der Waals surface area contributed by atoms with Crippen molar-refractivity contribution in [2.24, 2.45) is 0 Å². The highest BCUT2D eigenvalue weighted by Crippen LogP contribution is 2.64. The van der Waals surface area contributed by atoms with E-state index < -0.39 is 20.6 Å². The van der Waals surface area contributed by atoms with Crippen LogP contribution in [0.25, 0.3) is 0 Å². The number of benzene rings is 3. The van der Waals surface area contributed by atoms with Crippen LogP contribution < -0.4 is 5.19 Å². The molecule has 0 aromatic heterocycles. The molecule has 132 valence electrons. The summed E-state index contributed by atoms with van der Waals surface area (Å²) in [4.78, 5) is 0. The molecule has 0 unspecified atom stereocenters. The van der Waals surface area contributed by atoms with Crippen molar-refractivity contribution < 1.29 is 0 Å². The summed E-state index contributed by atoms with van der Waals surface area (Å²) in [5.74, 6) is 0. The van der Waals surface area contributed by atoms with Gasteiger partial charge in [0, 0.05) is 0 Å². The largest absolute Gasteiger partial charge is 0.257 e. The van der Waals surface area contributed by atoms with Crippen LogP contribution in [0.15, 0.2) is 84.9 Å². The Bertz CT molecular complexity index is 876. The number of halogens is 2. The number of fused-ring (bicyclic) bond motifs is 1. The maximum absolute atomic E-state index is 6.73. The molecule has 0 spiro atoms. The third kappa shape index (κ3) is 2.51. The topological polar surface area (TPSA) is 3.24 Å². The molecular weight excluding hydrogens is 396 g/mol. The Morgan fingerprint density at radius 1 is 0.731 bits per heavy atom. The fourth-order valence-electron chi connectivity index (χ4n) is 4.36. The van der Waals surface area contributed by atoms with Gasteiger partial charge in [-0.3, -0.25) is 4.34 Å². The first-order chi connectivity index (χ1) is 12.5. The number of rotatable bonds is 3. The fraction of sp³-hybridized carbons (Fsp3) is 0.143. The predicted molar refractivity (Wildman–Crippen MR) is 117 cm³/mol. The average molecular weight is 416 g/mol. The van der Waals surface area contributed by atoms with E-state index in [0.717, 1.165) is 0 Å². The molecule has 1 heterocycles. The molecule has 5 heteroatoms. The highest BCUT2D eigenvalue weighted by molar-refractivity contribution is 8.03. The molecule has 0 radical (unpaired) electrons. The second kappa shape index (κ2) is 6.78. The molecule has 0 saturated carbocycles. The summed E-state index contributed by atoms with van der Waals surface area (Å²) in [7, 11) is -2.06. The molecule has 4 rings (SSSR count). The second-order valence-corrected chi connectivity index (χ2v) is 14.8. The molecule has 1 nitrogen and oxygen atoms in total. The number of hydrogen-bond donors (Lipinski definition) is 0. The highest BCUT2D eigenvalue weighted by atomic mass is 35.9. The summed E-state index contributed by atoms with van der Waals surface area (Å²) >= 11 is 13.5. The van der Waals surface area contributed by atoms with Crippen molar-refractivity contribution >= 4 is 42.7 Å². The van der Waals surface area contributed by atoms with Crippen LogP contribution in [-0.2, 0) is 5.54 Å². The molecule has 3 aromatic carbocycles. The minimum atomic E-state index is -2.06. The molecule has 1 aliphatic heterocycles. The van der Waals surface area contributed by atoms with Crippen molar-refractivity contribution in [2.45, 2.75) is 18.6 Å². The molecule has 1 aliphatic rings. The van der Waals surface area contributed by atoms with E-state index in [0.29, 0.717) is 0 Å². The number of hydrogen-bond acceptors (Lipinski definition) is 1. The van der Waals surface area contributed by atoms with Gasteiger partial charge in [0.25, 0.3) is 0 Å². The quantitative estimate of drug-likeness (QED) is 0.352. The van der Waals surface area contributed by atoms with Crippen molar-refractivity contribution in [3.05, 3.63) is 102 Å². The van der Waals surface area contributed by atoms with Gasteiger partial charge in [0.2, 0.25) is 0 Å². The van der Waals surface area contributed by atoms with Gasteiger partial charge in [-0.2, -0.15) is 0 Å². The molecule has 0 atom stereocenters. The zero-order valence-electron chi connectivity index (χ0n) is 14.7. The maximum atomic E-state index is 6.73. The smallest absolute Gasteiger partial charge is 0.162 e. The molecule has 0 N–H and O–H groups in total. The maximum Gasteiger partial charge on any atom is 0.162 e. The third-order valence-corrected chi connectivity index (χ3v) is 12.9. The van der Waals surface area contributed by atoms with Gasteiger partial charge >= 0.3 is 0 Å². The fourth-order valence-corrected chi connectivity index (χ4v) is 13.7. The Balaban J connectivity index is 2.16. The average Bonchev–Trinajstić information content (AvgIpc) is 2.88. The van der Waals surface area contributed by atoms with Gasteiger partial charge in [-0.15, -0.1) is 0 Å². The van der Waals surface area contributed by atoms with Crippen LogP contribution in [0, 0.1) is 0 Å². The summed E-state index contributed by atoms with van der Waals surface area (Å²) in [6, 6.07) is 30.0. The minimum Gasteiger partial charge on any atom is -0.257 e. The third-order valence-electron chi connectivity index (χ3n) is 5.36. The predicted octanol–water partition coefficient (Wildman–Crippen LogP) is 6.41. The van der Waals surface area contributed by atoms with E-state index in [2.05, 4.69) is 102 Å². The molecule has 3 aromatic rings. The van der Waals surface area contributed by atoms with E-state index in [1.807, 2.05) is 0 Å². The van der Waals surface area contributed by atoms with Crippen LogP contribution in [0.2, 0.25) is 13.1 Å². The monoisotopic (exact) mass is 415 g/mol. The Morgan fingerprint density at radius 3 is 1.69 bits per heavy atom. The van der Waals surface area contributed by atoms with Gasteiger partial charge in [-0.05, 0) is 21.9 Å². The Kier molecular flexibility index (Phi) is 4.75. The lowest BCUT2D eigenvalue weighted by atomic mass is 9.78. The standard InChI is InChI=1S/C21H20Cl2NPSi/c1-26(2)20-16-10-9-15-19(20)21(24(26)25(22)23,17-11-5-3-6-12-17)18-13-7-4-8-14-18/h3-16H,1-2H3. The Labute approximate surface area is 167 Å². The molecule has 0 aliphatic carbocycles. The van der Waals surface area contributed by atoms with Crippen LogP contribution in [0.4, 0.5) is 0 Å². The molecule has 0 bridgehead atoms. The van der Waals surface area contributed by atoms with Crippen molar-refractivity contribution in [1.29, 1.82) is 0 Å². The van der Waals surface area contributed by atoms with E-state index in [1.165, 1.54) is 21.9 Å². The zero-order valence-corrected chi connectivity index (χ0v) is 18.1.